The molecule has 22 aromatic carbocycles. The highest BCUT2D eigenvalue weighted by atomic mass is 79.9. The van der Waals surface area contributed by atoms with Gasteiger partial charge in [-0.3, -0.25) is 0 Å². The van der Waals surface area contributed by atoms with Gasteiger partial charge >= 0.3 is 14.2 Å². The Hall–Kier alpha value is -12.9. The van der Waals surface area contributed by atoms with E-state index in [4.69, 9.17) is 10.0 Å². The topological polar surface area (TPSA) is 80.9 Å². The maximum Gasteiger partial charge on any atom is 0.488 e. The van der Waals surface area contributed by atoms with Crippen LogP contribution in [0.5, 0.6) is 0 Å². The predicted octanol–water partition coefficient (Wildman–Crippen LogP) is 28.8. The van der Waals surface area contributed by atoms with Gasteiger partial charge < -0.3 is 20.1 Å². The highest BCUT2D eigenvalue weighted by Crippen LogP contribution is 2.39. The summed E-state index contributed by atoms with van der Waals surface area (Å²) in [6, 6.07) is 151. The lowest BCUT2D eigenvalue weighted by Crippen LogP contribution is -2.29. The van der Waals surface area contributed by atoms with Gasteiger partial charge in [0.05, 0.1) is 0 Å². The molecule has 566 valence electrons. The molecule has 0 heterocycles. The van der Waals surface area contributed by atoms with Crippen molar-refractivity contribution in [2.45, 2.75) is 0 Å². The molecular formula is C110H75B2Br3O4. The van der Waals surface area contributed by atoms with Crippen molar-refractivity contribution in [3.8, 4) is 66.8 Å². The Morgan fingerprint density at radius 2 is 0.328 bits per heavy atom. The molecule has 0 unspecified atom stereocenters. The Bertz CT molecular complexity index is 7530. The smallest absolute Gasteiger partial charge is 0.423 e. The Balaban J connectivity index is 0.000000109. The number of benzene rings is 22. The Morgan fingerprint density at radius 1 is 0.134 bits per heavy atom. The fourth-order valence-corrected chi connectivity index (χ4v) is 17.3. The van der Waals surface area contributed by atoms with Crippen LogP contribution in [0.15, 0.2) is 444 Å². The average Bonchev–Trinajstić information content (AvgIpc) is 0.599. The van der Waals surface area contributed by atoms with Crippen molar-refractivity contribution in [2.75, 3.05) is 0 Å². The van der Waals surface area contributed by atoms with E-state index in [1.807, 2.05) is 60.7 Å². The van der Waals surface area contributed by atoms with E-state index in [9.17, 15) is 10.0 Å². The van der Waals surface area contributed by atoms with Crippen LogP contribution in [0.1, 0.15) is 0 Å². The van der Waals surface area contributed by atoms with E-state index in [1.54, 1.807) is 24.3 Å². The molecule has 0 saturated heterocycles. The van der Waals surface area contributed by atoms with Crippen molar-refractivity contribution in [3.05, 3.63) is 444 Å². The molecule has 4 nitrogen and oxygen atoms in total. The van der Waals surface area contributed by atoms with Crippen molar-refractivity contribution >= 4 is 191 Å². The zero-order chi connectivity index (χ0) is 80.9. The largest absolute Gasteiger partial charge is 0.488 e. The molecule has 22 rings (SSSR count). The Morgan fingerprint density at radius 3 is 0.613 bits per heavy atom. The molecule has 9 heteroatoms. The van der Waals surface area contributed by atoms with Crippen LogP contribution < -0.4 is 10.9 Å². The first-order chi connectivity index (χ1) is 58.3. The van der Waals surface area contributed by atoms with Gasteiger partial charge in [-0.05, 0) is 287 Å². The maximum absolute atomic E-state index is 9.22. The van der Waals surface area contributed by atoms with Gasteiger partial charge in [-0.2, -0.15) is 0 Å². The van der Waals surface area contributed by atoms with E-state index < -0.39 is 14.2 Å². The number of fused-ring (bicyclic) bond motifs is 14. The van der Waals surface area contributed by atoms with Crippen molar-refractivity contribution in [2.24, 2.45) is 0 Å². The van der Waals surface area contributed by atoms with Gasteiger partial charge in [-0.1, -0.05) is 388 Å². The summed E-state index contributed by atoms with van der Waals surface area (Å²) in [5.74, 6) is 0. The van der Waals surface area contributed by atoms with Crippen molar-refractivity contribution in [1.29, 1.82) is 0 Å². The van der Waals surface area contributed by atoms with Crippen LogP contribution in [0.25, 0.3) is 185 Å². The van der Waals surface area contributed by atoms with Crippen molar-refractivity contribution in [3.63, 3.8) is 0 Å². The van der Waals surface area contributed by atoms with E-state index in [-0.39, 0.29) is 0 Å². The lowest BCUT2D eigenvalue weighted by atomic mass is 9.79. The number of rotatable bonds is 8. The SMILES string of the molecule is Brc1ccc2c(ccc3cc(-c4cccc(-c5ccc6ccccc6c5)c4)ccc32)c1.Brc1ccc2c(ccc3cc(Br)ccc32)c1.OB(O)c1ccc2ccccc2c1.OB(O)c1cccc(-c2ccc3ccccc3c2)c1.c1cc(-c2ccc3ccccc3c2)cc(-c2ccc3c(ccc4cc(-c5ccc6ccccc6c5)ccc43)c2)c1. The van der Waals surface area contributed by atoms with Gasteiger partial charge in [0, 0.05) is 13.4 Å². The number of hydrogen-bond acceptors (Lipinski definition) is 4. The highest BCUT2D eigenvalue weighted by molar-refractivity contribution is 9.11. The van der Waals surface area contributed by atoms with E-state index in [1.165, 1.54) is 163 Å². The zero-order valence-electron chi connectivity index (χ0n) is 64.6. The first-order valence-corrected chi connectivity index (χ1v) is 42.0. The lowest BCUT2D eigenvalue weighted by Gasteiger charge is -2.11. The summed E-state index contributed by atoms with van der Waals surface area (Å²) in [5, 5.41) is 63.8. The molecule has 0 aromatic heterocycles. The minimum atomic E-state index is -1.43. The van der Waals surface area contributed by atoms with Crippen LogP contribution in [0.3, 0.4) is 0 Å². The monoisotopic (exact) mass is 1720 g/mol. The molecule has 0 spiro atoms. The fraction of sp³-hybridized carbons (Fsp3) is 0. The van der Waals surface area contributed by atoms with Crippen LogP contribution in [-0.4, -0.2) is 34.3 Å². The molecule has 0 saturated carbocycles. The third kappa shape index (κ3) is 17.3. The van der Waals surface area contributed by atoms with Crippen LogP contribution in [-0.2, 0) is 0 Å². The van der Waals surface area contributed by atoms with Crippen LogP contribution in [0, 0.1) is 0 Å². The second-order valence-electron chi connectivity index (χ2n) is 30.0. The first kappa shape index (κ1) is 77.3. The first-order valence-electron chi connectivity index (χ1n) is 39.6. The van der Waals surface area contributed by atoms with E-state index >= 15 is 0 Å². The highest BCUT2D eigenvalue weighted by Gasteiger charge is 2.15. The summed E-state index contributed by atoms with van der Waals surface area (Å²) in [7, 11) is -2.81. The molecule has 0 fully saturated rings. The predicted molar refractivity (Wildman–Crippen MR) is 520 cm³/mol. The Kier molecular flexibility index (Phi) is 22.6. The molecule has 4 N–H and O–H groups in total. The van der Waals surface area contributed by atoms with Gasteiger partial charge in [0.1, 0.15) is 0 Å². The average molecular weight is 1720 g/mol. The number of hydrogen-bond donors (Lipinski definition) is 4. The molecule has 0 aliphatic carbocycles. The maximum atomic E-state index is 9.22. The van der Waals surface area contributed by atoms with Crippen LogP contribution in [0.4, 0.5) is 0 Å². The van der Waals surface area contributed by atoms with Gasteiger partial charge in [-0.25, -0.2) is 0 Å². The molecule has 0 radical (unpaired) electrons. The minimum absolute atomic E-state index is 0.505. The molecule has 0 aliphatic rings. The van der Waals surface area contributed by atoms with E-state index in [0.29, 0.717) is 10.9 Å². The van der Waals surface area contributed by atoms with Crippen LogP contribution >= 0.6 is 47.8 Å². The summed E-state index contributed by atoms with van der Waals surface area (Å²) in [4.78, 5) is 0. The molecule has 0 atom stereocenters. The molecule has 0 bridgehead atoms. The van der Waals surface area contributed by atoms with Crippen molar-refractivity contribution < 1.29 is 20.1 Å². The summed E-state index contributed by atoms with van der Waals surface area (Å²) < 4.78 is 3.36. The Labute approximate surface area is 716 Å². The molecule has 119 heavy (non-hydrogen) atoms. The third-order valence-electron chi connectivity index (χ3n) is 22.4. The minimum Gasteiger partial charge on any atom is -0.423 e. The van der Waals surface area contributed by atoms with Crippen LogP contribution in [0.2, 0.25) is 0 Å². The second-order valence-corrected chi connectivity index (χ2v) is 32.7. The van der Waals surface area contributed by atoms with Gasteiger partial charge in [0.2, 0.25) is 0 Å². The summed E-state index contributed by atoms with van der Waals surface area (Å²) in [5.41, 5.74) is 15.5. The standard InChI is InChI=1S/C40H26.C30H19Br.C16H13BO2.C14H8Br2.C10H9BO2/c1-3-8-29-22-33(14-12-27(29)6-1)31-10-5-11-32(24-31)35-18-20-39-37(25-35)16-17-38-26-36(19-21-40(38)39)34-15-13-28-7-2-4-9-30(28)23-34;31-28-13-15-30-27(19-28)11-10-26-18-25(12-14-29(26)30)23-7-3-6-22(17-23)24-9-8-20-4-1-2-5-21(20)16-24;18-17(19)16-7-3-6-14(11-16)15-9-8-12-4-1-2-5-13(12)10-15;15-11-3-5-13-9(7-11)1-2-10-8-12(16)4-6-14(10)13;12-11(13)10-6-5-8-3-1-2-4-9(8)7-10/h1-26H;1-19H;1-11,18-19H;1-8H;1-7,12-13H. The lowest BCUT2D eigenvalue weighted by molar-refractivity contribution is 0.424. The zero-order valence-corrected chi connectivity index (χ0v) is 69.3. The van der Waals surface area contributed by atoms with Gasteiger partial charge in [0.25, 0.3) is 0 Å². The normalized spacial score (nSPS) is 11.2. The summed E-state index contributed by atoms with van der Waals surface area (Å²) in [6.07, 6.45) is 0. The van der Waals surface area contributed by atoms with E-state index in [2.05, 4.69) is 394 Å². The molecule has 22 aromatic rings. The van der Waals surface area contributed by atoms with Crippen molar-refractivity contribution in [1.82, 2.24) is 0 Å². The molecular weight excluding hydrogens is 1650 g/mol. The molecule has 0 aliphatic heterocycles. The third-order valence-corrected chi connectivity index (χ3v) is 23.9. The van der Waals surface area contributed by atoms with E-state index in [0.717, 1.165) is 35.3 Å². The molecule has 0 amide bonds. The summed E-state index contributed by atoms with van der Waals surface area (Å²) in [6.45, 7) is 0. The number of halogens is 3. The van der Waals surface area contributed by atoms with Gasteiger partial charge in [-0.15, -0.1) is 0 Å². The second kappa shape index (κ2) is 34.7. The van der Waals surface area contributed by atoms with Gasteiger partial charge in [0.15, 0.2) is 0 Å². The summed E-state index contributed by atoms with van der Waals surface area (Å²) >= 11 is 10.6. The fourth-order valence-electron chi connectivity index (χ4n) is 16.1. The quantitative estimate of drug-likeness (QED) is 0.0903.